The molecule has 0 aliphatic rings. The first-order valence-electron chi connectivity index (χ1n) is 3.25. The van der Waals surface area contributed by atoms with Gasteiger partial charge in [0, 0.05) is 10.0 Å². The molecule has 62 valence electrons. The van der Waals surface area contributed by atoms with Gasteiger partial charge in [-0.2, -0.15) is 0 Å². The van der Waals surface area contributed by atoms with Crippen molar-refractivity contribution in [2.24, 2.45) is 0 Å². The Kier molecular flexibility index (Phi) is 2.85. The van der Waals surface area contributed by atoms with E-state index in [1.165, 1.54) is 12.1 Å². The molecule has 0 heterocycles. The minimum Gasteiger partial charge on any atom is -0.376 e. The first-order chi connectivity index (χ1) is 5.66. The Labute approximate surface area is 78.4 Å². The van der Waals surface area contributed by atoms with E-state index in [9.17, 15) is 9.50 Å². The second-order valence-corrected chi connectivity index (χ2v) is 3.06. The summed E-state index contributed by atoms with van der Waals surface area (Å²) >= 11 is 3.09. The number of halogens is 2. The van der Waals surface area contributed by atoms with E-state index in [1.807, 2.05) is 5.92 Å². The third-order valence-corrected chi connectivity index (χ3v) is 2.12. The van der Waals surface area contributed by atoms with Gasteiger partial charge in [0.25, 0.3) is 0 Å². The summed E-state index contributed by atoms with van der Waals surface area (Å²) < 4.78 is 13.5. The van der Waals surface area contributed by atoms with Gasteiger partial charge in [-0.25, -0.2) is 4.39 Å². The Balaban J connectivity index is 3.23. The van der Waals surface area contributed by atoms with E-state index in [-0.39, 0.29) is 5.56 Å². The zero-order valence-corrected chi connectivity index (χ0v) is 7.68. The van der Waals surface area contributed by atoms with Crippen molar-refractivity contribution < 1.29 is 9.50 Å². The maximum absolute atomic E-state index is 13.0. The molecule has 12 heavy (non-hydrogen) atoms. The first-order valence-corrected chi connectivity index (χ1v) is 4.04. The van der Waals surface area contributed by atoms with E-state index in [4.69, 9.17) is 6.42 Å². The van der Waals surface area contributed by atoms with E-state index in [0.717, 1.165) is 0 Å². The molecule has 0 bridgehead atoms. The first kappa shape index (κ1) is 9.24. The molecule has 0 aliphatic heterocycles. The van der Waals surface area contributed by atoms with Gasteiger partial charge in [0.05, 0.1) is 0 Å². The van der Waals surface area contributed by atoms with Crippen LogP contribution in [0, 0.1) is 18.2 Å². The lowest BCUT2D eigenvalue weighted by Gasteiger charge is -2.06. The van der Waals surface area contributed by atoms with Crippen molar-refractivity contribution in [3.05, 3.63) is 34.1 Å². The van der Waals surface area contributed by atoms with E-state index in [0.29, 0.717) is 4.47 Å². The molecular weight excluding hydrogens is 223 g/mol. The van der Waals surface area contributed by atoms with Crippen LogP contribution in [0.3, 0.4) is 0 Å². The summed E-state index contributed by atoms with van der Waals surface area (Å²) in [5.74, 6) is 1.54. The van der Waals surface area contributed by atoms with Gasteiger partial charge in [-0.15, -0.1) is 6.42 Å². The summed E-state index contributed by atoms with van der Waals surface area (Å²) in [4.78, 5) is 0. The largest absolute Gasteiger partial charge is 0.376 e. The van der Waals surface area contributed by atoms with Gasteiger partial charge in [-0.3, -0.25) is 0 Å². The molecule has 0 saturated heterocycles. The van der Waals surface area contributed by atoms with Crippen LogP contribution in [0.1, 0.15) is 11.7 Å². The Bertz CT molecular complexity index is 310. The minimum absolute atomic E-state index is 0.111. The molecule has 0 saturated carbocycles. The average Bonchev–Trinajstić information content (AvgIpc) is 2.03. The molecule has 1 rings (SSSR count). The van der Waals surface area contributed by atoms with Crippen LogP contribution in [0.15, 0.2) is 22.7 Å². The highest BCUT2D eigenvalue weighted by atomic mass is 79.9. The predicted molar refractivity (Wildman–Crippen MR) is 47.9 cm³/mol. The average molecular weight is 229 g/mol. The van der Waals surface area contributed by atoms with Gasteiger partial charge >= 0.3 is 0 Å². The summed E-state index contributed by atoms with van der Waals surface area (Å²) in [6.07, 6.45) is 3.76. The zero-order valence-electron chi connectivity index (χ0n) is 6.09. The van der Waals surface area contributed by atoms with Gasteiger partial charge in [0.15, 0.2) is 0 Å². The van der Waals surface area contributed by atoms with Crippen LogP contribution in [-0.4, -0.2) is 5.11 Å². The van der Waals surface area contributed by atoms with Crippen molar-refractivity contribution in [2.45, 2.75) is 6.10 Å². The molecular formula is C9H6BrFO. The van der Waals surface area contributed by atoms with Gasteiger partial charge < -0.3 is 5.11 Å². The number of terminal acetylenes is 1. The van der Waals surface area contributed by atoms with Crippen LogP contribution in [0.4, 0.5) is 4.39 Å². The topological polar surface area (TPSA) is 20.2 Å². The minimum atomic E-state index is -1.19. The SMILES string of the molecule is C#C[C@@H](O)c1c(F)cccc1Br. The second kappa shape index (κ2) is 3.70. The smallest absolute Gasteiger partial charge is 0.143 e. The van der Waals surface area contributed by atoms with Gasteiger partial charge in [-0.05, 0) is 12.1 Å². The zero-order chi connectivity index (χ0) is 9.14. The van der Waals surface area contributed by atoms with Crippen LogP contribution in [-0.2, 0) is 0 Å². The fourth-order valence-corrected chi connectivity index (χ4v) is 1.41. The van der Waals surface area contributed by atoms with Crippen molar-refractivity contribution in [3.8, 4) is 12.3 Å². The van der Waals surface area contributed by atoms with E-state index in [2.05, 4.69) is 15.9 Å². The third-order valence-electron chi connectivity index (χ3n) is 1.43. The van der Waals surface area contributed by atoms with Crippen molar-refractivity contribution in [2.75, 3.05) is 0 Å². The van der Waals surface area contributed by atoms with Gasteiger partial charge in [0.1, 0.15) is 11.9 Å². The van der Waals surface area contributed by atoms with Gasteiger partial charge in [0.2, 0.25) is 0 Å². The molecule has 0 amide bonds. The van der Waals surface area contributed by atoms with Crippen LogP contribution >= 0.6 is 15.9 Å². The standard InChI is InChI=1S/C9H6BrFO/c1-2-8(12)9-6(10)4-3-5-7(9)11/h1,3-5,8,12H/t8-/m1/s1. The number of hydrogen-bond donors (Lipinski definition) is 1. The molecule has 0 radical (unpaired) electrons. The molecule has 1 atom stereocenters. The molecule has 0 fully saturated rings. The molecule has 0 unspecified atom stereocenters. The monoisotopic (exact) mass is 228 g/mol. The van der Waals surface area contributed by atoms with Crippen LogP contribution in [0.5, 0.6) is 0 Å². The molecule has 1 N–H and O–H groups in total. The summed E-state index contributed by atoms with van der Waals surface area (Å²) in [5.41, 5.74) is 0.111. The number of hydrogen-bond acceptors (Lipinski definition) is 1. The summed E-state index contributed by atoms with van der Waals surface area (Å²) in [6.45, 7) is 0. The quantitative estimate of drug-likeness (QED) is 0.732. The Morgan fingerprint density at radius 3 is 2.75 bits per heavy atom. The van der Waals surface area contributed by atoms with E-state index < -0.39 is 11.9 Å². The summed E-state index contributed by atoms with van der Waals surface area (Å²) in [5, 5.41) is 9.18. The Morgan fingerprint density at radius 2 is 2.25 bits per heavy atom. The third kappa shape index (κ3) is 1.66. The maximum atomic E-state index is 13.0. The molecule has 0 aromatic heterocycles. The van der Waals surface area contributed by atoms with Gasteiger partial charge in [-0.1, -0.05) is 27.9 Å². The fourth-order valence-electron chi connectivity index (χ4n) is 0.855. The summed E-state index contributed by atoms with van der Waals surface area (Å²) in [6, 6.07) is 4.41. The second-order valence-electron chi connectivity index (χ2n) is 2.20. The highest BCUT2D eigenvalue weighted by Crippen LogP contribution is 2.25. The maximum Gasteiger partial charge on any atom is 0.143 e. The van der Waals surface area contributed by atoms with Crippen LogP contribution < -0.4 is 0 Å². The predicted octanol–water partition coefficient (Wildman–Crippen LogP) is 2.25. The molecule has 1 nitrogen and oxygen atoms in total. The number of aliphatic hydroxyl groups is 1. The van der Waals surface area contributed by atoms with Crippen molar-refractivity contribution >= 4 is 15.9 Å². The Hall–Kier alpha value is -0.850. The highest BCUT2D eigenvalue weighted by Gasteiger charge is 2.12. The molecule has 1 aromatic carbocycles. The lowest BCUT2D eigenvalue weighted by molar-refractivity contribution is 0.232. The van der Waals surface area contributed by atoms with Crippen LogP contribution in [0.25, 0.3) is 0 Å². The molecule has 0 aliphatic carbocycles. The van der Waals surface area contributed by atoms with Crippen molar-refractivity contribution in [1.82, 2.24) is 0 Å². The normalized spacial score (nSPS) is 12.2. The lowest BCUT2D eigenvalue weighted by Crippen LogP contribution is -1.98. The Morgan fingerprint density at radius 1 is 1.58 bits per heavy atom. The number of rotatable bonds is 1. The van der Waals surface area contributed by atoms with Crippen molar-refractivity contribution in [3.63, 3.8) is 0 Å². The highest BCUT2D eigenvalue weighted by molar-refractivity contribution is 9.10. The van der Waals surface area contributed by atoms with Crippen molar-refractivity contribution in [1.29, 1.82) is 0 Å². The number of benzene rings is 1. The summed E-state index contributed by atoms with van der Waals surface area (Å²) in [7, 11) is 0. The fraction of sp³-hybridized carbons (Fsp3) is 0.111. The van der Waals surface area contributed by atoms with E-state index >= 15 is 0 Å². The molecule has 0 spiro atoms. The number of aliphatic hydroxyl groups excluding tert-OH is 1. The van der Waals surface area contributed by atoms with E-state index in [1.54, 1.807) is 6.07 Å². The molecule has 1 aromatic rings. The van der Waals surface area contributed by atoms with Crippen LogP contribution in [0.2, 0.25) is 0 Å². The molecule has 3 heteroatoms. The lowest BCUT2D eigenvalue weighted by atomic mass is 10.1.